The smallest absolute Gasteiger partial charge is 0.251 e. The van der Waals surface area contributed by atoms with Gasteiger partial charge in [0.2, 0.25) is 0 Å². The highest BCUT2D eigenvalue weighted by molar-refractivity contribution is 5.97. The van der Waals surface area contributed by atoms with E-state index >= 15 is 0 Å². The first-order valence-electron chi connectivity index (χ1n) is 6.06. The van der Waals surface area contributed by atoms with E-state index in [-0.39, 0.29) is 5.91 Å². The normalized spacial score (nSPS) is 12.6. The fourth-order valence-electron chi connectivity index (χ4n) is 1.87. The minimum absolute atomic E-state index is 0.0468. The Hall–Kier alpha value is -1.88. The molecule has 0 aliphatic carbocycles. The first-order valence-corrected chi connectivity index (χ1v) is 6.06. The van der Waals surface area contributed by atoms with Crippen LogP contribution in [0.2, 0.25) is 0 Å². The summed E-state index contributed by atoms with van der Waals surface area (Å²) in [5, 5.41) is 13.8. The highest BCUT2D eigenvalue weighted by atomic mass is 16.1. The molecule has 5 nitrogen and oxygen atoms in total. The van der Waals surface area contributed by atoms with Gasteiger partial charge < -0.3 is 10.6 Å². The second kappa shape index (κ2) is 5.64. The van der Waals surface area contributed by atoms with Crippen LogP contribution in [0.25, 0.3) is 10.9 Å². The number of nitrogens with one attached hydrogen (secondary N) is 3. The Kier molecular flexibility index (Phi) is 3.94. The molecule has 3 N–H and O–H groups in total. The first-order chi connectivity index (χ1) is 8.70. The first kappa shape index (κ1) is 12.6. The van der Waals surface area contributed by atoms with Crippen LogP contribution in [0.5, 0.6) is 0 Å². The van der Waals surface area contributed by atoms with E-state index in [1.54, 1.807) is 6.20 Å². The predicted molar refractivity (Wildman–Crippen MR) is 71.5 cm³/mol. The lowest BCUT2D eigenvalue weighted by atomic mass is 10.1. The number of hydrogen-bond acceptors (Lipinski definition) is 3. The highest BCUT2D eigenvalue weighted by Gasteiger charge is 2.08. The zero-order chi connectivity index (χ0) is 13.0. The molecule has 2 rings (SSSR count). The van der Waals surface area contributed by atoms with Gasteiger partial charge in [0.1, 0.15) is 0 Å². The molecule has 96 valence electrons. The van der Waals surface area contributed by atoms with Gasteiger partial charge in [-0.1, -0.05) is 13.0 Å². The number of aromatic amines is 1. The number of H-pyrrole nitrogens is 1. The van der Waals surface area contributed by atoms with Crippen molar-refractivity contribution in [1.82, 2.24) is 20.8 Å². The summed E-state index contributed by atoms with van der Waals surface area (Å²) < 4.78 is 0. The molecule has 0 spiro atoms. The minimum Gasteiger partial charge on any atom is -0.352 e. The Morgan fingerprint density at radius 1 is 1.44 bits per heavy atom. The molecule has 5 heteroatoms. The van der Waals surface area contributed by atoms with Gasteiger partial charge in [-0.15, -0.1) is 0 Å². The van der Waals surface area contributed by atoms with Gasteiger partial charge in [-0.3, -0.25) is 9.89 Å². The summed E-state index contributed by atoms with van der Waals surface area (Å²) in [6.45, 7) is 3.65. The van der Waals surface area contributed by atoms with Gasteiger partial charge in [-0.2, -0.15) is 5.10 Å². The third-order valence-electron chi connectivity index (χ3n) is 2.87. The van der Waals surface area contributed by atoms with Crippen molar-refractivity contribution in [3.8, 4) is 0 Å². The number of benzene rings is 1. The Morgan fingerprint density at radius 3 is 3.06 bits per heavy atom. The molecule has 0 fully saturated rings. The zero-order valence-corrected chi connectivity index (χ0v) is 10.7. The van der Waals surface area contributed by atoms with E-state index in [1.807, 2.05) is 25.2 Å². The number of carbonyl (C=O) groups excluding carboxylic acids is 1. The van der Waals surface area contributed by atoms with Gasteiger partial charge in [0.05, 0.1) is 11.7 Å². The molecular weight excluding hydrogens is 228 g/mol. The molecule has 2 aromatic rings. The summed E-state index contributed by atoms with van der Waals surface area (Å²) >= 11 is 0. The number of hydrogen-bond donors (Lipinski definition) is 3. The molecule has 0 radical (unpaired) electrons. The van der Waals surface area contributed by atoms with Crippen molar-refractivity contribution in [2.24, 2.45) is 5.92 Å². The van der Waals surface area contributed by atoms with Gasteiger partial charge in [0.25, 0.3) is 5.91 Å². The summed E-state index contributed by atoms with van der Waals surface area (Å²) in [6, 6.07) is 5.53. The predicted octanol–water partition coefficient (Wildman–Crippen LogP) is 1.15. The van der Waals surface area contributed by atoms with Crippen molar-refractivity contribution in [2.75, 3.05) is 20.1 Å². The second-order valence-electron chi connectivity index (χ2n) is 4.54. The van der Waals surface area contributed by atoms with Crippen LogP contribution in [0.3, 0.4) is 0 Å². The Bertz CT molecular complexity index is 535. The molecular formula is C13H18N4O. The van der Waals surface area contributed by atoms with E-state index in [9.17, 15) is 4.79 Å². The lowest BCUT2D eigenvalue weighted by molar-refractivity contribution is 0.0948. The molecule has 1 atom stereocenters. The summed E-state index contributed by atoms with van der Waals surface area (Å²) in [5.41, 5.74) is 1.54. The van der Waals surface area contributed by atoms with Crippen molar-refractivity contribution in [1.29, 1.82) is 0 Å². The standard InChI is InChI=1S/C13H18N4O/c1-9(6-14-2)7-15-13(18)10-3-4-11-8-16-17-12(11)5-10/h3-5,8-9,14H,6-7H2,1-2H3,(H,15,18)(H,16,17). The van der Waals surface area contributed by atoms with Crippen molar-refractivity contribution in [3.63, 3.8) is 0 Å². The lowest BCUT2D eigenvalue weighted by Crippen LogP contribution is -2.32. The number of carbonyl (C=O) groups is 1. The number of aromatic nitrogens is 2. The lowest BCUT2D eigenvalue weighted by Gasteiger charge is -2.11. The van der Waals surface area contributed by atoms with Crippen molar-refractivity contribution in [2.45, 2.75) is 6.92 Å². The van der Waals surface area contributed by atoms with Crippen LogP contribution in [0.1, 0.15) is 17.3 Å². The maximum absolute atomic E-state index is 12.0. The van der Waals surface area contributed by atoms with Crippen LogP contribution in [-0.2, 0) is 0 Å². The van der Waals surface area contributed by atoms with Crippen molar-refractivity contribution < 1.29 is 4.79 Å². The van der Waals surface area contributed by atoms with E-state index in [4.69, 9.17) is 0 Å². The van der Waals surface area contributed by atoms with E-state index in [0.717, 1.165) is 17.4 Å². The van der Waals surface area contributed by atoms with Gasteiger partial charge in [0, 0.05) is 17.5 Å². The number of fused-ring (bicyclic) bond motifs is 1. The molecule has 0 bridgehead atoms. The van der Waals surface area contributed by atoms with E-state index < -0.39 is 0 Å². The maximum atomic E-state index is 12.0. The monoisotopic (exact) mass is 246 g/mol. The highest BCUT2D eigenvalue weighted by Crippen LogP contribution is 2.12. The fourth-order valence-corrected chi connectivity index (χ4v) is 1.87. The average molecular weight is 246 g/mol. The molecule has 1 unspecified atom stereocenters. The van der Waals surface area contributed by atoms with Crippen LogP contribution in [0.15, 0.2) is 24.4 Å². The van der Waals surface area contributed by atoms with E-state index in [2.05, 4.69) is 27.8 Å². The number of amides is 1. The molecule has 0 aliphatic rings. The van der Waals surface area contributed by atoms with E-state index in [1.165, 1.54) is 0 Å². The fraction of sp³-hybridized carbons (Fsp3) is 0.385. The van der Waals surface area contributed by atoms with Crippen molar-refractivity contribution in [3.05, 3.63) is 30.0 Å². The van der Waals surface area contributed by atoms with Gasteiger partial charge >= 0.3 is 0 Å². The third kappa shape index (κ3) is 2.87. The summed E-state index contributed by atoms with van der Waals surface area (Å²) in [7, 11) is 1.91. The minimum atomic E-state index is -0.0468. The summed E-state index contributed by atoms with van der Waals surface area (Å²) in [6.07, 6.45) is 1.74. The molecule has 18 heavy (non-hydrogen) atoms. The third-order valence-corrected chi connectivity index (χ3v) is 2.87. The summed E-state index contributed by atoms with van der Waals surface area (Å²) in [4.78, 5) is 12.0. The average Bonchev–Trinajstić information content (AvgIpc) is 2.83. The second-order valence-corrected chi connectivity index (χ2v) is 4.54. The Labute approximate surface area is 106 Å². The largest absolute Gasteiger partial charge is 0.352 e. The van der Waals surface area contributed by atoms with E-state index in [0.29, 0.717) is 18.0 Å². The Balaban J connectivity index is 1.99. The molecule has 1 aromatic carbocycles. The van der Waals surface area contributed by atoms with Crippen LogP contribution in [0, 0.1) is 5.92 Å². The van der Waals surface area contributed by atoms with Crippen LogP contribution >= 0.6 is 0 Å². The Morgan fingerprint density at radius 2 is 2.28 bits per heavy atom. The van der Waals surface area contributed by atoms with Gasteiger partial charge in [0.15, 0.2) is 0 Å². The molecule has 0 saturated heterocycles. The van der Waals surface area contributed by atoms with Crippen LogP contribution in [-0.4, -0.2) is 36.2 Å². The van der Waals surface area contributed by atoms with Gasteiger partial charge in [-0.05, 0) is 31.6 Å². The quantitative estimate of drug-likeness (QED) is 0.741. The molecule has 0 saturated carbocycles. The van der Waals surface area contributed by atoms with Crippen LogP contribution in [0.4, 0.5) is 0 Å². The van der Waals surface area contributed by atoms with Gasteiger partial charge in [-0.25, -0.2) is 0 Å². The van der Waals surface area contributed by atoms with Crippen LogP contribution < -0.4 is 10.6 Å². The maximum Gasteiger partial charge on any atom is 0.251 e. The topological polar surface area (TPSA) is 69.8 Å². The zero-order valence-electron chi connectivity index (χ0n) is 10.7. The molecule has 1 aromatic heterocycles. The molecule has 1 heterocycles. The molecule has 1 amide bonds. The van der Waals surface area contributed by atoms with Crippen molar-refractivity contribution >= 4 is 16.8 Å². The molecule has 0 aliphatic heterocycles. The number of rotatable bonds is 5. The SMILES string of the molecule is CNCC(C)CNC(=O)c1ccc2cn[nH]c2c1. The summed E-state index contributed by atoms with van der Waals surface area (Å²) in [5.74, 6) is 0.365. The number of nitrogens with zero attached hydrogens (tertiary/aromatic N) is 1.